The van der Waals surface area contributed by atoms with Crippen LogP contribution in [0.1, 0.15) is 39.5 Å². The van der Waals surface area contributed by atoms with E-state index in [1.54, 1.807) is 10.7 Å². The first-order chi connectivity index (χ1) is 15.6. The van der Waals surface area contributed by atoms with Gasteiger partial charge in [0.25, 0.3) is 5.91 Å². The second kappa shape index (κ2) is 8.68. The van der Waals surface area contributed by atoms with Gasteiger partial charge < -0.3 is 15.4 Å². The average molecular weight is 435 g/mol. The SMILES string of the molecule is Cc1c(C(=O)NCCCN2CCOCC2)cn2ncnc(C3C(=O)Nc4ccccc43)c12. The lowest BCUT2D eigenvalue weighted by molar-refractivity contribution is -0.116. The highest BCUT2D eigenvalue weighted by Gasteiger charge is 2.35. The van der Waals surface area contributed by atoms with Gasteiger partial charge in [0.15, 0.2) is 0 Å². The van der Waals surface area contributed by atoms with Crippen LogP contribution in [0.2, 0.25) is 0 Å². The first-order valence-electron chi connectivity index (χ1n) is 10.9. The number of carbonyl (C=O) groups is 2. The van der Waals surface area contributed by atoms with E-state index in [0.717, 1.165) is 56.1 Å². The van der Waals surface area contributed by atoms with E-state index < -0.39 is 5.92 Å². The number of fused-ring (bicyclic) bond motifs is 2. The molecule has 9 heteroatoms. The largest absolute Gasteiger partial charge is 0.379 e. The normalized spacial score (nSPS) is 18.5. The average Bonchev–Trinajstić information content (AvgIpc) is 3.33. The van der Waals surface area contributed by atoms with Crippen molar-refractivity contribution in [2.45, 2.75) is 19.3 Å². The molecule has 2 aliphatic rings. The summed E-state index contributed by atoms with van der Waals surface area (Å²) in [6, 6.07) is 7.61. The number of aryl methyl sites for hydroxylation is 1. The van der Waals surface area contributed by atoms with Gasteiger partial charge in [-0.2, -0.15) is 5.10 Å². The molecule has 1 unspecified atom stereocenters. The molecule has 2 aromatic heterocycles. The number of carbonyl (C=O) groups excluding carboxylic acids is 2. The molecular weight excluding hydrogens is 408 g/mol. The fourth-order valence-electron chi connectivity index (χ4n) is 4.53. The number of anilines is 1. The molecule has 166 valence electrons. The summed E-state index contributed by atoms with van der Waals surface area (Å²) >= 11 is 0. The van der Waals surface area contributed by atoms with Crippen LogP contribution in [0.4, 0.5) is 5.69 Å². The zero-order valence-corrected chi connectivity index (χ0v) is 18.0. The van der Waals surface area contributed by atoms with Crippen LogP contribution in [0.25, 0.3) is 5.52 Å². The summed E-state index contributed by atoms with van der Waals surface area (Å²) in [5.41, 5.74) is 4.29. The van der Waals surface area contributed by atoms with Crippen molar-refractivity contribution in [3.63, 3.8) is 0 Å². The molecule has 5 rings (SSSR count). The van der Waals surface area contributed by atoms with Crippen molar-refractivity contribution in [3.05, 3.63) is 59.2 Å². The van der Waals surface area contributed by atoms with Crippen LogP contribution < -0.4 is 10.6 Å². The molecule has 1 saturated heterocycles. The van der Waals surface area contributed by atoms with E-state index in [1.807, 2.05) is 31.2 Å². The number of amides is 2. The molecule has 0 saturated carbocycles. The third-order valence-corrected chi connectivity index (χ3v) is 6.21. The van der Waals surface area contributed by atoms with E-state index in [1.165, 1.54) is 6.33 Å². The van der Waals surface area contributed by atoms with Crippen LogP contribution in [-0.2, 0) is 9.53 Å². The molecule has 1 fully saturated rings. The van der Waals surface area contributed by atoms with Crippen LogP contribution >= 0.6 is 0 Å². The van der Waals surface area contributed by atoms with Gasteiger partial charge in [0.05, 0.1) is 30.0 Å². The summed E-state index contributed by atoms with van der Waals surface area (Å²) in [7, 11) is 0. The predicted octanol–water partition coefficient (Wildman–Crippen LogP) is 1.57. The Hall–Kier alpha value is -3.30. The van der Waals surface area contributed by atoms with Gasteiger partial charge in [0.2, 0.25) is 5.91 Å². The number of morpholine rings is 1. The van der Waals surface area contributed by atoms with E-state index >= 15 is 0 Å². The van der Waals surface area contributed by atoms with Gasteiger partial charge >= 0.3 is 0 Å². The highest BCUT2D eigenvalue weighted by Crippen LogP contribution is 2.38. The third-order valence-electron chi connectivity index (χ3n) is 6.21. The number of para-hydroxylation sites is 1. The number of hydrogen-bond donors (Lipinski definition) is 2. The first kappa shape index (κ1) is 20.6. The third kappa shape index (κ3) is 3.74. The van der Waals surface area contributed by atoms with Crippen molar-refractivity contribution in [3.8, 4) is 0 Å². The minimum Gasteiger partial charge on any atom is -0.379 e. The Balaban J connectivity index is 1.35. The van der Waals surface area contributed by atoms with Gasteiger partial charge in [0, 0.05) is 31.5 Å². The number of benzene rings is 1. The number of hydrogen-bond acceptors (Lipinski definition) is 6. The molecule has 2 amide bonds. The van der Waals surface area contributed by atoms with Gasteiger partial charge in [0.1, 0.15) is 12.2 Å². The van der Waals surface area contributed by atoms with Gasteiger partial charge in [-0.3, -0.25) is 14.5 Å². The standard InChI is InChI=1S/C23H26N6O3/c1-15-17(22(30)24-7-4-8-28-9-11-32-12-10-28)13-29-21(15)20(25-14-26-29)19-16-5-2-3-6-18(16)27-23(19)31/h2-3,5-6,13-14,19H,4,7-12H2,1H3,(H,24,30)(H,27,31). The van der Waals surface area contributed by atoms with E-state index in [2.05, 4.69) is 25.6 Å². The van der Waals surface area contributed by atoms with Crippen molar-refractivity contribution in [1.82, 2.24) is 24.8 Å². The Morgan fingerprint density at radius 3 is 2.94 bits per heavy atom. The molecule has 0 bridgehead atoms. The Morgan fingerprint density at radius 2 is 2.09 bits per heavy atom. The zero-order chi connectivity index (χ0) is 22.1. The molecule has 1 aromatic carbocycles. The zero-order valence-electron chi connectivity index (χ0n) is 18.0. The van der Waals surface area contributed by atoms with Gasteiger partial charge in [-0.15, -0.1) is 0 Å². The Kier molecular flexibility index (Phi) is 5.59. The summed E-state index contributed by atoms with van der Waals surface area (Å²) in [5.74, 6) is -0.798. The number of rotatable bonds is 6. The first-order valence-corrected chi connectivity index (χ1v) is 10.9. The van der Waals surface area contributed by atoms with E-state index in [9.17, 15) is 9.59 Å². The highest BCUT2D eigenvalue weighted by atomic mass is 16.5. The van der Waals surface area contributed by atoms with Gasteiger partial charge in [-0.05, 0) is 37.1 Å². The Bertz CT molecular complexity index is 1170. The number of nitrogens with one attached hydrogen (secondary N) is 2. The minimum atomic E-state index is -0.533. The molecule has 0 spiro atoms. The van der Waals surface area contributed by atoms with Crippen LogP contribution in [0.15, 0.2) is 36.8 Å². The van der Waals surface area contributed by atoms with Crippen LogP contribution in [-0.4, -0.2) is 70.7 Å². The fraction of sp³-hybridized carbons (Fsp3) is 0.391. The highest BCUT2D eigenvalue weighted by molar-refractivity contribution is 6.06. The maximum Gasteiger partial charge on any atom is 0.253 e. The fourth-order valence-corrected chi connectivity index (χ4v) is 4.53. The summed E-state index contributed by atoms with van der Waals surface area (Å²) in [6.45, 7) is 6.84. The number of ether oxygens (including phenoxy) is 1. The molecule has 4 heterocycles. The maximum absolute atomic E-state index is 12.9. The summed E-state index contributed by atoms with van der Waals surface area (Å²) in [6.07, 6.45) is 4.02. The lowest BCUT2D eigenvalue weighted by Gasteiger charge is -2.26. The summed E-state index contributed by atoms with van der Waals surface area (Å²) in [4.78, 5) is 32.5. The quantitative estimate of drug-likeness (QED) is 0.572. The predicted molar refractivity (Wildman–Crippen MR) is 119 cm³/mol. The lowest BCUT2D eigenvalue weighted by Crippen LogP contribution is -2.38. The molecule has 32 heavy (non-hydrogen) atoms. The molecular formula is C23H26N6O3. The van der Waals surface area contributed by atoms with Crippen LogP contribution in [0.5, 0.6) is 0 Å². The van der Waals surface area contributed by atoms with Crippen LogP contribution in [0, 0.1) is 6.92 Å². The molecule has 3 aromatic rings. The Morgan fingerprint density at radius 1 is 1.28 bits per heavy atom. The van der Waals surface area contributed by atoms with E-state index in [4.69, 9.17) is 4.74 Å². The van der Waals surface area contributed by atoms with Gasteiger partial charge in [-0.1, -0.05) is 18.2 Å². The van der Waals surface area contributed by atoms with Gasteiger partial charge in [-0.25, -0.2) is 9.50 Å². The minimum absolute atomic E-state index is 0.124. The second-order valence-electron chi connectivity index (χ2n) is 8.18. The Labute approximate surface area is 185 Å². The molecule has 0 aliphatic carbocycles. The molecule has 9 nitrogen and oxygen atoms in total. The van der Waals surface area contributed by atoms with Crippen LogP contribution in [0.3, 0.4) is 0 Å². The summed E-state index contributed by atoms with van der Waals surface area (Å²) < 4.78 is 7.01. The molecule has 2 N–H and O–H groups in total. The number of nitrogens with zero attached hydrogens (tertiary/aromatic N) is 4. The molecule has 2 aliphatic heterocycles. The monoisotopic (exact) mass is 434 g/mol. The summed E-state index contributed by atoms with van der Waals surface area (Å²) in [5, 5.41) is 10.2. The van der Waals surface area contributed by atoms with Crippen molar-refractivity contribution in [2.75, 3.05) is 44.7 Å². The van der Waals surface area contributed by atoms with Crippen molar-refractivity contribution < 1.29 is 14.3 Å². The smallest absolute Gasteiger partial charge is 0.253 e. The van der Waals surface area contributed by atoms with Crippen molar-refractivity contribution >= 4 is 23.0 Å². The van der Waals surface area contributed by atoms with Crippen molar-refractivity contribution in [2.24, 2.45) is 0 Å². The van der Waals surface area contributed by atoms with E-state index in [-0.39, 0.29) is 11.8 Å². The molecule has 1 atom stereocenters. The lowest BCUT2D eigenvalue weighted by atomic mass is 9.95. The maximum atomic E-state index is 12.9. The van der Waals surface area contributed by atoms with Crippen molar-refractivity contribution in [1.29, 1.82) is 0 Å². The second-order valence-corrected chi connectivity index (χ2v) is 8.18. The van der Waals surface area contributed by atoms with E-state index in [0.29, 0.717) is 23.3 Å². The number of aromatic nitrogens is 3. The molecule has 0 radical (unpaired) electrons. The topological polar surface area (TPSA) is 101 Å².